The molecule has 1 aromatic rings. The van der Waals surface area contributed by atoms with Crippen LogP contribution in [0.4, 0.5) is 13.2 Å². The van der Waals surface area contributed by atoms with Gasteiger partial charge in [-0.3, -0.25) is 4.79 Å². The molecule has 0 aliphatic carbocycles. The van der Waals surface area contributed by atoms with Crippen LogP contribution in [-0.2, 0) is 10.7 Å². The van der Waals surface area contributed by atoms with E-state index in [0.29, 0.717) is 6.07 Å². The largest absolute Gasteiger partial charge is 1.00 e. The van der Waals surface area contributed by atoms with Crippen molar-refractivity contribution >= 4 is 13.4 Å². The van der Waals surface area contributed by atoms with Crippen LogP contribution in [0.15, 0.2) is 24.3 Å². The van der Waals surface area contributed by atoms with Crippen LogP contribution in [0.1, 0.15) is 22.8 Å². The second kappa shape index (κ2) is 8.46. The Balaban J connectivity index is 0. The van der Waals surface area contributed by atoms with Gasteiger partial charge in [-0.05, 0) is 12.1 Å². The van der Waals surface area contributed by atoms with Gasteiger partial charge in [0.15, 0.2) is 5.78 Å². The molecule has 100 valence electrons. The van der Waals surface area contributed by atoms with Crippen molar-refractivity contribution in [3.63, 3.8) is 0 Å². The van der Waals surface area contributed by atoms with Gasteiger partial charge in [-0.15, -0.1) is 0 Å². The van der Waals surface area contributed by atoms with Gasteiger partial charge in [-0.25, -0.2) is 0 Å². The normalized spacial score (nSPS) is 12.9. The Hall–Kier alpha value is 0.830. The first-order valence-corrected chi connectivity index (χ1v) is 6.38. The Kier molecular flexibility index (Phi) is 9.77. The van der Waals surface area contributed by atoms with Gasteiger partial charge in [0.05, 0.1) is 5.56 Å². The molecule has 0 bridgehead atoms. The van der Waals surface area contributed by atoms with Crippen molar-refractivity contribution < 1.29 is 91.4 Å². The van der Waals surface area contributed by atoms with Crippen molar-refractivity contribution in [2.75, 3.05) is 0 Å². The van der Waals surface area contributed by atoms with Crippen molar-refractivity contribution in [3.05, 3.63) is 35.4 Å². The summed E-state index contributed by atoms with van der Waals surface area (Å²) in [4.78, 5) is 32.8. The molecule has 0 saturated carbocycles. The maximum Gasteiger partial charge on any atom is 1.00 e. The molecule has 4 nitrogen and oxygen atoms in total. The number of carbonyl (C=O) groups excluding carboxylic acids is 1. The first kappa shape index (κ1) is 23.1. The fourth-order valence-corrected chi connectivity index (χ4v) is 1.67. The number of carbonyl (C=O) groups is 1. The Morgan fingerprint density at radius 3 is 2.15 bits per heavy atom. The molecular formula is C10H8F3Na2O4P. The molecule has 0 heterocycles. The van der Waals surface area contributed by atoms with Crippen molar-refractivity contribution in [1.82, 2.24) is 0 Å². The summed E-state index contributed by atoms with van der Waals surface area (Å²) in [6.07, 6.45) is -4.64. The minimum absolute atomic E-state index is 0. The van der Waals surface area contributed by atoms with E-state index >= 15 is 0 Å². The van der Waals surface area contributed by atoms with E-state index in [1.807, 2.05) is 0 Å². The second-order valence-electron chi connectivity index (χ2n) is 3.66. The van der Waals surface area contributed by atoms with Gasteiger partial charge in [0.25, 0.3) is 0 Å². The van der Waals surface area contributed by atoms with E-state index in [-0.39, 0.29) is 59.1 Å². The quantitative estimate of drug-likeness (QED) is 0.317. The standard InChI is InChI=1S/C10H10F3O4P.2Na/c1-6(18(15,16)17)9(14)7-3-2-4-8(5-7)10(11,12)13;;/h2-6H,1H3,(H2,15,16,17);;/q;2*+1/p-2. The summed E-state index contributed by atoms with van der Waals surface area (Å²) in [5.74, 6) is -1.14. The molecule has 0 amide bonds. The summed E-state index contributed by atoms with van der Waals surface area (Å²) in [6, 6.07) is 3.27. The zero-order valence-corrected chi connectivity index (χ0v) is 16.0. The molecule has 0 aliphatic rings. The predicted octanol–water partition coefficient (Wildman–Crippen LogP) is -4.80. The molecule has 0 spiro atoms. The van der Waals surface area contributed by atoms with Crippen LogP contribution in [0.3, 0.4) is 0 Å². The van der Waals surface area contributed by atoms with Crippen LogP contribution in [0, 0.1) is 0 Å². The number of rotatable bonds is 3. The first-order chi connectivity index (χ1) is 8.03. The average molecular weight is 326 g/mol. The zero-order valence-electron chi connectivity index (χ0n) is 11.1. The molecule has 10 heteroatoms. The second-order valence-corrected chi connectivity index (χ2v) is 5.51. The van der Waals surface area contributed by atoms with Crippen molar-refractivity contribution in [1.29, 1.82) is 0 Å². The zero-order chi connectivity index (χ0) is 14.1. The van der Waals surface area contributed by atoms with Gasteiger partial charge >= 0.3 is 65.3 Å². The summed E-state index contributed by atoms with van der Waals surface area (Å²) >= 11 is 0. The van der Waals surface area contributed by atoms with E-state index in [2.05, 4.69) is 0 Å². The third kappa shape index (κ3) is 6.30. The van der Waals surface area contributed by atoms with Gasteiger partial charge in [0, 0.05) is 11.2 Å². The average Bonchev–Trinajstić information content (AvgIpc) is 2.25. The fourth-order valence-electron chi connectivity index (χ4n) is 1.23. The molecule has 0 aromatic heterocycles. The molecule has 1 unspecified atom stereocenters. The number of ketones is 1. The number of halogens is 3. The van der Waals surface area contributed by atoms with Gasteiger partial charge in [0.2, 0.25) is 0 Å². The minimum atomic E-state index is -5.16. The van der Waals surface area contributed by atoms with Crippen LogP contribution in [-0.4, -0.2) is 11.4 Å². The monoisotopic (exact) mass is 326 g/mol. The van der Waals surface area contributed by atoms with Gasteiger partial charge in [-0.2, -0.15) is 13.2 Å². The molecule has 0 saturated heterocycles. The molecule has 0 fully saturated rings. The smallest absolute Gasteiger partial charge is 0.810 e. The number of hydrogen-bond donors (Lipinski definition) is 0. The van der Waals surface area contributed by atoms with Crippen molar-refractivity contribution in [3.8, 4) is 0 Å². The molecule has 0 N–H and O–H groups in total. The maximum absolute atomic E-state index is 12.4. The Labute approximate surface area is 157 Å². The van der Waals surface area contributed by atoms with Gasteiger partial charge in [-0.1, -0.05) is 26.7 Å². The summed E-state index contributed by atoms with van der Waals surface area (Å²) in [5.41, 5.74) is -3.42. The molecule has 1 atom stereocenters. The van der Waals surface area contributed by atoms with E-state index < -0.39 is 36.3 Å². The van der Waals surface area contributed by atoms with Crippen molar-refractivity contribution in [2.45, 2.75) is 18.8 Å². The summed E-state index contributed by atoms with van der Waals surface area (Å²) in [6.45, 7) is 0.851. The summed E-state index contributed by atoms with van der Waals surface area (Å²) in [7, 11) is -5.16. The number of benzene rings is 1. The third-order valence-electron chi connectivity index (χ3n) is 2.33. The minimum Gasteiger partial charge on any atom is -0.810 e. The van der Waals surface area contributed by atoms with Crippen LogP contribution < -0.4 is 68.9 Å². The van der Waals surface area contributed by atoms with Crippen molar-refractivity contribution in [2.24, 2.45) is 0 Å². The van der Waals surface area contributed by atoms with Crippen LogP contribution in [0.5, 0.6) is 0 Å². The SMILES string of the molecule is CC(C(=O)c1cccc(C(F)(F)F)c1)P(=O)([O-])[O-].[Na+].[Na+]. The van der Waals surface area contributed by atoms with Gasteiger partial charge in [0.1, 0.15) is 0 Å². The molecule has 0 aliphatic heterocycles. The summed E-state index contributed by atoms with van der Waals surface area (Å²) in [5, 5.41) is 0. The van der Waals surface area contributed by atoms with E-state index in [4.69, 9.17) is 0 Å². The molecule has 0 radical (unpaired) electrons. The van der Waals surface area contributed by atoms with Crippen LogP contribution >= 0.6 is 7.60 Å². The molecule has 1 rings (SSSR count). The van der Waals surface area contributed by atoms with Crippen LogP contribution in [0.25, 0.3) is 0 Å². The first-order valence-electron chi connectivity index (χ1n) is 4.76. The number of hydrogen-bond acceptors (Lipinski definition) is 4. The maximum atomic E-state index is 12.4. The van der Waals surface area contributed by atoms with E-state index in [0.717, 1.165) is 25.1 Å². The molecular weight excluding hydrogens is 318 g/mol. The Morgan fingerprint density at radius 2 is 1.75 bits per heavy atom. The third-order valence-corrected chi connectivity index (χ3v) is 3.51. The Morgan fingerprint density at radius 1 is 1.25 bits per heavy atom. The topological polar surface area (TPSA) is 80.3 Å². The van der Waals surface area contributed by atoms with Crippen LogP contribution in [0.2, 0.25) is 0 Å². The number of Topliss-reactive ketones (excluding diaryl/α,β-unsaturated/α-hetero) is 1. The predicted molar refractivity (Wildman–Crippen MR) is 52.8 cm³/mol. The van der Waals surface area contributed by atoms with E-state index in [9.17, 15) is 32.3 Å². The van der Waals surface area contributed by atoms with E-state index in [1.165, 1.54) is 0 Å². The van der Waals surface area contributed by atoms with E-state index in [1.54, 1.807) is 0 Å². The molecule has 20 heavy (non-hydrogen) atoms. The summed E-state index contributed by atoms with van der Waals surface area (Å²) < 4.78 is 47.8. The Bertz CT molecular complexity index is 515. The molecule has 1 aromatic carbocycles. The fraction of sp³-hybridized carbons (Fsp3) is 0.300. The number of alkyl halides is 3. The van der Waals surface area contributed by atoms with Gasteiger partial charge < -0.3 is 14.4 Å².